The molecular weight excluding hydrogens is 1440 g/mol. The number of nitrogens with one attached hydrogen (secondary N) is 5. The van der Waals surface area contributed by atoms with Crippen molar-refractivity contribution in [1.82, 2.24) is 70.9 Å². The Morgan fingerprint density at radius 3 is 0.949 bits per heavy atom. The lowest BCUT2D eigenvalue weighted by Gasteiger charge is -2.54. The van der Waals surface area contributed by atoms with Crippen molar-refractivity contribution < 1.29 is 0 Å². The van der Waals surface area contributed by atoms with Crippen LogP contribution in [0.15, 0.2) is 47.1 Å². The molecule has 2 unspecified atom stereocenters. The predicted molar refractivity (Wildman–Crippen MR) is 506 cm³/mol. The van der Waals surface area contributed by atoms with Gasteiger partial charge in [-0.05, 0) is 324 Å². The number of hydrogen-bond acceptors (Lipinski definition) is 16. The topological polar surface area (TPSA) is 125 Å². The van der Waals surface area contributed by atoms with Crippen LogP contribution in [0, 0.1) is 6.92 Å². The van der Waals surface area contributed by atoms with Crippen LogP contribution in [-0.4, -0.2) is 214 Å². The molecule has 16 heteroatoms. The average Bonchev–Trinajstić information content (AvgIpc) is 0.752. The second-order valence-corrected chi connectivity index (χ2v) is 45.6. The van der Waals surface area contributed by atoms with Crippen molar-refractivity contribution >= 4 is 11.9 Å². The van der Waals surface area contributed by atoms with Gasteiger partial charge in [0.15, 0.2) is 0 Å². The molecule has 8 rings (SSSR count). The van der Waals surface area contributed by atoms with Crippen LogP contribution in [0.4, 0.5) is 11.9 Å². The van der Waals surface area contributed by atoms with Crippen molar-refractivity contribution in [3.8, 4) is 0 Å². The number of hydrogen-bond donors (Lipinski definition) is 5. The van der Waals surface area contributed by atoms with E-state index in [0.717, 1.165) is 179 Å². The summed E-state index contributed by atoms with van der Waals surface area (Å²) in [6.07, 6.45) is 51.1. The van der Waals surface area contributed by atoms with E-state index >= 15 is 0 Å². The Balaban J connectivity index is 1.16. The van der Waals surface area contributed by atoms with Crippen LogP contribution in [-0.2, 0) is 0 Å². The molecule has 7 aliphatic rings. The summed E-state index contributed by atoms with van der Waals surface area (Å²) in [6.45, 7) is 80.1. The predicted octanol–water partition coefficient (Wildman–Crippen LogP) is 22.0. The first kappa shape index (κ1) is 98.9. The van der Waals surface area contributed by atoms with E-state index in [9.17, 15) is 0 Å². The van der Waals surface area contributed by atoms with Crippen LogP contribution >= 0.6 is 0 Å². The molecule has 117 heavy (non-hydrogen) atoms. The summed E-state index contributed by atoms with van der Waals surface area (Å²) in [7, 11) is 0. The van der Waals surface area contributed by atoms with Crippen molar-refractivity contribution in [1.29, 1.82) is 0 Å². The zero-order chi connectivity index (χ0) is 86.0. The molecule has 5 N–H and O–H groups in total. The standard InChI is InChI=1S/C101H190N16/c1-29-36-51-110(52-37-30-2)79-62-80(111(53-38-31-3)54-39-32-4)64-81(63-79)114(86-70-94(13,14)106-95(15,16)71-86)58-47-43-44-48-59-115(87-72-96(17,18)107-97(19,20)73-87)83-65-82(113(57-42-35-7)85-68-92(9,10)105-93(11,12)69-85)66-84(67-83)116(88-74-98(21,22)108-99(23,24)75-88)60-49-45-46-50-61-117(89-76-100(25,26)109-101(27,28)77-89)91-103-78(8)102-90(104-91)112(55-40-33-5)56-41-34-6/h63-64,66-67,79,83,85-89,105-109H,29-62,65,68-77H2,1-28H3. The average molecular weight is 1630 g/mol. The molecule has 0 radical (unpaired) electrons. The third kappa shape index (κ3) is 31.0. The molecule has 674 valence electrons. The van der Waals surface area contributed by atoms with E-state index in [-0.39, 0.29) is 61.4 Å². The Hall–Kier alpha value is -3.51. The van der Waals surface area contributed by atoms with E-state index < -0.39 is 0 Å². The lowest BCUT2D eigenvalue weighted by atomic mass is 9.77. The Bertz CT molecular complexity index is 3150. The third-order valence-corrected chi connectivity index (χ3v) is 27.5. The van der Waals surface area contributed by atoms with E-state index in [1.807, 2.05) is 0 Å². The molecule has 5 fully saturated rings. The highest BCUT2D eigenvalue weighted by atomic mass is 15.4. The van der Waals surface area contributed by atoms with E-state index in [4.69, 9.17) is 15.0 Å². The van der Waals surface area contributed by atoms with Crippen LogP contribution in [0.3, 0.4) is 0 Å². The van der Waals surface area contributed by atoms with Gasteiger partial charge in [0.2, 0.25) is 11.9 Å². The highest BCUT2D eigenvalue weighted by molar-refractivity contribution is 5.41. The van der Waals surface area contributed by atoms with E-state index in [1.54, 1.807) is 11.4 Å². The molecule has 5 aliphatic heterocycles. The zero-order valence-electron chi connectivity index (χ0n) is 82.1. The fourth-order valence-corrected chi connectivity index (χ4v) is 24.0. The number of nitrogens with zero attached hydrogens (tertiary/aromatic N) is 11. The second kappa shape index (κ2) is 43.4. The Morgan fingerprint density at radius 2 is 0.564 bits per heavy atom. The summed E-state index contributed by atoms with van der Waals surface area (Å²) in [5.74, 6) is 2.57. The first-order valence-electron chi connectivity index (χ1n) is 49.5. The number of anilines is 2. The van der Waals surface area contributed by atoms with Gasteiger partial charge in [0.25, 0.3) is 0 Å². The van der Waals surface area contributed by atoms with Gasteiger partial charge in [-0.15, -0.1) is 0 Å². The highest BCUT2D eigenvalue weighted by Crippen LogP contribution is 2.44. The lowest BCUT2D eigenvalue weighted by molar-refractivity contribution is 0.0405. The van der Waals surface area contributed by atoms with Gasteiger partial charge in [-0.2, -0.15) is 15.0 Å². The SMILES string of the molecule is CCCCN(CCCC)C1=CC(N(CCCCCCN(C2C=C(N(CCCCCCN(c3nc(C)nc(N(CCCC)CCCC)n3)C3CC(C)(C)NC(C)(C)C3)C3CC(C)(C)NC(C)(C)C3)C=C(N(CCCC)C3CC(C)(C)NC(C)(C)C3)C2)C2CC(C)(C)NC(C)(C)C2)C2CC(C)(C)NC(C)(C)C2)=CC(N(CCCC)CCCC)C1. The molecule has 16 nitrogen and oxygen atoms in total. The zero-order valence-corrected chi connectivity index (χ0v) is 82.1. The summed E-state index contributed by atoms with van der Waals surface area (Å²) in [5.41, 5.74) is 6.31. The number of aryl methyl sites for hydroxylation is 1. The normalized spacial score (nSPS) is 23.8. The number of aromatic nitrogens is 3. The summed E-state index contributed by atoms with van der Waals surface area (Å²) in [6, 6.07) is 2.75. The van der Waals surface area contributed by atoms with Crippen molar-refractivity contribution in [3.63, 3.8) is 0 Å². The number of rotatable bonds is 48. The molecule has 0 bridgehead atoms. The fourth-order valence-electron chi connectivity index (χ4n) is 24.0. The molecule has 1 aromatic heterocycles. The van der Waals surface area contributed by atoms with Crippen LogP contribution in [0.5, 0.6) is 0 Å². The van der Waals surface area contributed by atoms with Gasteiger partial charge >= 0.3 is 0 Å². The van der Waals surface area contributed by atoms with Crippen molar-refractivity contribution in [2.24, 2.45) is 0 Å². The van der Waals surface area contributed by atoms with Gasteiger partial charge in [0.05, 0.1) is 0 Å². The largest absolute Gasteiger partial charge is 0.375 e. The molecule has 6 heterocycles. The number of piperidine rings is 5. The first-order valence-corrected chi connectivity index (χ1v) is 49.5. The molecule has 0 spiro atoms. The highest BCUT2D eigenvalue weighted by Gasteiger charge is 2.48. The van der Waals surface area contributed by atoms with Crippen LogP contribution in [0.1, 0.15) is 411 Å². The summed E-state index contributed by atoms with van der Waals surface area (Å²) in [4.78, 5) is 38.9. The molecule has 2 atom stereocenters. The maximum absolute atomic E-state index is 5.49. The van der Waals surface area contributed by atoms with E-state index in [1.165, 1.54) is 140 Å². The van der Waals surface area contributed by atoms with Crippen molar-refractivity contribution in [2.45, 2.75) is 510 Å². The maximum Gasteiger partial charge on any atom is 0.230 e. The van der Waals surface area contributed by atoms with Crippen molar-refractivity contribution in [2.75, 3.05) is 81.8 Å². The maximum atomic E-state index is 5.49. The number of allylic oxidation sites excluding steroid dienone is 2. The minimum Gasteiger partial charge on any atom is -0.375 e. The molecule has 0 amide bonds. The van der Waals surface area contributed by atoms with Gasteiger partial charge in [0.1, 0.15) is 5.82 Å². The smallest absolute Gasteiger partial charge is 0.230 e. The first-order chi connectivity index (χ1) is 54.9. The summed E-state index contributed by atoms with van der Waals surface area (Å²) >= 11 is 0. The van der Waals surface area contributed by atoms with Crippen LogP contribution in [0.2, 0.25) is 0 Å². The fraction of sp³-hybridized carbons (Fsp3) is 0.891. The van der Waals surface area contributed by atoms with Gasteiger partial charge in [-0.1, -0.05) is 119 Å². The van der Waals surface area contributed by atoms with Crippen LogP contribution in [0.25, 0.3) is 0 Å². The molecule has 0 aromatic carbocycles. The Morgan fingerprint density at radius 1 is 0.282 bits per heavy atom. The van der Waals surface area contributed by atoms with Crippen molar-refractivity contribution in [3.05, 3.63) is 52.9 Å². The molecule has 1 aromatic rings. The monoisotopic (exact) mass is 1630 g/mol. The quantitative estimate of drug-likeness (QED) is 0.0397. The Labute approximate surface area is 723 Å². The molecule has 2 aliphatic carbocycles. The molecule has 0 saturated carbocycles. The lowest BCUT2D eigenvalue weighted by Crippen LogP contribution is -2.64. The van der Waals surface area contributed by atoms with Gasteiger partial charge in [-0.25, -0.2) is 0 Å². The molecule has 5 saturated heterocycles. The molecular formula is C101H190N16. The van der Waals surface area contributed by atoms with E-state index in [0.29, 0.717) is 36.3 Å². The third-order valence-electron chi connectivity index (χ3n) is 27.5. The van der Waals surface area contributed by atoms with E-state index in [2.05, 4.69) is 284 Å². The minimum absolute atomic E-state index is 0.00537. The minimum atomic E-state index is -0.0148. The Kier molecular flexibility index (Phi) is 36.7. The second-order valence-electron chi connectivity index (χ2n) is 45.6. The summed E-state index contributed by atoms with van der Waals surface area (Å²) in [5, 5.41) is 20.7. The van der Waals surface area contributed by atoms with Gasteiger partial charge in [-0.3, -0.25) is 9.80 Å². The summed E-state index contributed by atoms with van der Waals surface area (Å²) < 4.78 is 0. The number of unbranched alkanes of at least 4 members (excludes halogenated alkanes) is 13. The van der Waals surface area contributed by atoms with Gasteiger partial charge < -0.3 is 56.0 Å². The van der Waals surface area contributed by atoms with Gasteiger partial charge in [0, 0.05) is 186 Å². The van der Waals surface area contributed by atoms with Crippen LogP contribution < -0.4 is 36.4 Å².